The summed E-state index contributed by atoms with van der Waals surface area (Å²) in [4.78, 5) is 14.8. The number of carbonyl (C=O) groups is 1. The Morgan fingerprint density at radius 2 is 2.08 bits per heavy atom. The Bertz CT molecular complexity index is 845. The monoisotopic (exact) mass is 369 g/mol. The first-order valence-corrected chi connectivity index (χ1v) is 10.9. The first-order valence-electron chi connectivity index (χ1n) is 10.0. The fourth-order valence-corrected chi connectivity index (χ4v) is 6.94. The SMILES string of the molecule is NC(=O)c1c2n(c3ccccc13)CC(CC1CCN3CCCCC3C1)S2. The summed E-state index contributed by atoms with van der Waals surface area (Å²) in [6, 6.07) is 9.01. The number of aromatic nitrogens is 1. The van der Waals surface area contributed by atoms with Crippen LogP contribution in [0.3, 0.4) is 0 Å². The van der Waals surface area contributed by atoms with Gasteiger partial charge in [-0.3, -0.25) is 4.79 Å². The van der Waals surface area contributed by atoms with Crippen LogP contribution in [0.4, 0.5) is 0 Å². The number of rotatable bonds is 3. The van der Waals surface area contributed by atoms with E-state index in [0.717, 1.165) is 40.0 Å². The number of fused-ring (bicyclic) bond motifs is 4. The van der Waals surface area contributed by atoms with Gasteiger partial charge in [0, 0.05) is 28.7 Å². The van der Waals surface area contributed by atoms with Gasteiger partial charge in [0.1, 0.15) is 0 Å². The highest BCUT2D eigenvalue weighted by Crippen LogP contribution is 2.44. The molecular formula is C21H27N3OS. The van der Waals surface area contributed by atoms with Crippen LogP contribution in [0.25, 0.3) is 10.9 Å². The minimum atomic E-state index is -0.293. The Morgan fingerprint density at radius 3 is 2.96 bits per heavy atom. The van der Waals surface area contributed by atoms with Crippen molar-refractivity contribution in [2.45, 2.75) is 61.4 Å². The van der Waals surface area contributed by atoms with Crippen LogP contribution in [0.15, 0.2) is 29.3 Å². The topological polar surface area (TPSA) is 51.3 Å². The van der Waals surface area contributed by atoms with E-state index in [1.54, 1.807) is 0 Å². The van der Waals surface area contributed by atoms with E-state index in [0.29, 0.717) is 5.25 Å². The highest BCUT2D eigenvalue weighted by Gasteiger charge is 2.35. The van der Waals surface area contributed by atoms with Gasteiger partial charge >= 0.3 is 0 Å². The Kier molecular flexibility index (Phi) is 4.24. The molecule has 138 valence electrons. The minimum Gasteiger partial charge on any atom is -0.365 e. The van der Waals surface area contributed by atoms with Gasteiger partial charge < -0.3 is 15.2 Å². The lowest BCUT2D eigenvalue weighted by molar-refractivity contribution is 0.0758. The molecule has 5 rings (SSSR count). The minimum absolute atomic E-state index is 0.293. The number of carbonyl (C=O) groups excluding carboxylic acids is 1. The van der Waals surface area contributed by atoms with E-state index in [2.05, 4.69) is 21.6 Å². The summed E-state index contributed by atoms with van der Waals surface area (Å²) in [5.74, 6) is 0.540. The molecule has 0 saturated carbocycles. The average Bonchev–Trinajstić information content (AvgIpc) is 3.17. The van der Waals surface area contributed by atoms with E-state index >= 15 is 0 Å². The van der Waals surface area contributed by atoms with Crippen LogP contribution in [0, 0.1) is 5.92 Å². The van der Waals surface area contributed by atoms with E-state index in [-0.39, 0.29) is 5.91 Å². The van der Waals surface area contributed by atoms with Gasteiger partial charge in [0.15, 0.2) is 0 Å². The lowest BCUT2D eigenvalue weighted by atomic mass is 9.83. The number of nitrogens with zero attached hydrogens (tertiary/aromatic N) is 2. The van der Waals surface area contributed by atoms with Gasteiger partial charge in [-0.25, -0.2) is 0 Å². The molecule has 1 aromatic heterocycles. The quantitative estimate of drug-likeness (QED) is 0.893. The standard InChI is InChI=1S/C21H27N3OS/c22-20(25)19-17-6-1-2-7-18(17)24-13-16(26-21(19)24)12-14-8-10-23-9-4-3-5-15(23)11-14/h1-2,6-7,14-16H,3-5,8-13H2,(H2,22,25). The molecule has 5 heteroatoms. The fourth-order valence-electron chi connectivity index (χ4n) is 5.40. The molecule has 2 saturated heterocycles. The molecule has 2 N–H and O–H groups in total. The van der Waals surface area contributed by atoms with Crippen molar-refractivity contribution in [3.63, 3.8) is 0 Å². The second-order valence-electron chi connectivity index (χ2n) is 8.22. The summed E-state index contributed by atoms with van der Waals surface area (Å²) < 4.78 is 2.33. The zero-order valence-electron chi connectivity index (χ0n) is 15.2. The van der Waals surface area contributed by atoms with E-state index < -0.39 is 0 Å². The van der Waals surface area contributed by atoms with Gasteiger partial charge in [0.25, 0.3) is 5.91 Å². The van der Waals surface area contributed by atoms with Gasteiger partial charge in [-0.15, -0.1) is 11.8 Å². The van der Waals surface area contributed by atoms with Crippen molar-refractivity contribution in [1.29, 1.82) is 0 Å². The van der Waals surface area contributed by atoms with E-state index in [9.17, 15) is 4.79 Å². The largest absolute Gasteiger partial charge is 0.365 e. The number of nitrogens with two attached hydrogens (primary N) is 1. The molecule has 4 heterocycles. The van der Waals surface area contributed by atoms with Crippen LogP contribution in [0.5, 0.6) is 0 Å². The zero-order chi connectivity index (χ0) is 17.7. The number of para-hydroxylation sites is 1. The second-order valence-corrected chi connectivity index (χ2v) is 9.51. The summed E-state index contributed by atoms with van der Waals surface area (Å²) in [6.45, 7) is 3.61. The molecule has 3 unspecified atom stereocenters. The van der Waals surface area contributed by atoms with Gasteiger partial charge in [0.2, 0.25) is 0 Å². The van der Waals surface area contributed by atoms with Gasteiger partial charge in [-0.2, -0.15) is 0 Å². The molecule has 4 nitrogen and oxygen atoms in total. The summed E-state index contributed by atoms with van der Waals surface area (Å²) in [7, 11) is 0. The Hall–Kier alpha value is -1.46. The molecule has 3 aliphatic rings. The van der Waals surface area contributed by atoms with Crippen LogP contribution >= 0.6 is 11.8 Å². The predicted octanol–water partition coefficient (Wildman–Crippen LogP) is 3.87. The van der Waals surface area contributed by atoms with Gasteiger partial charge in [-0.05, 0) is 57.2 Å². The Morgan fingerprint density at radius 1 is 1.19 bits per heavy atom. The van der Waals surface area contributed by atoms with Crippen LogP contribution in [-0.4, -0.2) is 39.8 Å². The second kappa shape index (κ2) is 6.61. The third kappa shape index (κ3) is 2.76. The number of hydrogen-bond donors (Lipinski definition) is 1. The smallest absolute Gasteiger partial charge is 0.252 e. The van der Waals surface area contributed by atoms with Crippen molar-refractivity contribution in [3.05, 3.63) is 29.8 Å². The lowest BCUT2D eigenvalue weighted by Crippen LogP contribution is -2.45. The molecule has 3 aliphatic heterocycles. The number of benzene rings is 1. The summed E-state index contributed by atoms with van der Waals surface area (Å²) in [5.41, 5.74) is 7.62. The lowest BCUT2D eigenvalue weighted by Gasteiger charge is -2.43. The number of amides is 1. The number of piperidine rings is 2. The molecule has 1 aromatic carbocycles. The van der Waals surface area contributed by atoms with Crippen molar-refractivity contribution < 1.29 is 4.79 Å². The Labute approximate surface area is 159 Å². The number of primary amides is 1. The number of thioether (sulfide) groups is 1. The molecule has 1 amide bonds. The predicted molar refractivity (Wildman–Crippen MR) is 107 cm³/mol. The van der Waals surface area contributed by atoms with Crippen LogP contribution < -0.4 is 5.73 Å². The number of hydrogen-bond acceptors (Lipinski definition) is 3. The highest BCUT2D eigenvalue weighted by atomic mass is 32.2. The average molecular weight is 370 g/mol. The maximum Gasteiger partial charge on any atom is 0.252 e. The summed E-state index contributed by atoms with van der Waals surface area (Å²) >= 11 is 1.89. The van der Waals surface area contributed by atoms with Crippen molar-refractivity contribution in [3.8, 4) is 0 Å². The van der Waals surface area contributed by atoms with E-state index in [1.165, 1.54) is 51.6 Å². The van der Waals surface area contributed by atoms with Crippen LogP contribution in [0.2, 0.25) is 0 Å². The van der Waals surface area contributed by atoms with Crippen molar-refractivity contribution in [2.24, 2.45) is 11.7 Å². The van der Waals surface area contributed by atoms with Crippen LogP contribution in [0.1, 0.15) is 48.9 Å². The molecule has 0 aliphatic carbocycles. The Balaban J connectivity index is 1.33. The molecule has 2 fully saturated rings. The first kappa shape index (κ1) is 16.7. The van der Waals surface area contributed by atoms with Crippen molar-refractivity contribution >= 4 is 28.6 Å². The van der Waals surface area contributed by atoms with Crippen molar-refractivity contribution in [1.82, 2.24) is 9.47 Å². The molecular weight excluding hydrogens is 342 g/mol. The van der Waals surface area contributed by atoms with Crippen LogP contribution in [-0.2, 0) is 6.54 Å². The fraction of sp³-hybridized carbons (Fsp3) is 0.571. The molecule has 0 bridgehead atoms. The third-order valence-electron chi connectivity index (χ3n) is 6.61. The summed E-state index contributed by atoms with van der Waals surface area (Å²) in [6.07, 6.45) is 8.17. The van der Waals surface area contributed by atoms with Crippen molar-refractivity contribution in [2.75, 3.05) is 13.1 Å². The van der Waals surface area contributed by atoms with E-state index in [4.69, 9.17) is 5.73 Å². The molecule has 26 heavy (non-hydrogen) atoms. The molecule has 0 radical (unpaired) electrons. The van der Waals surface area contributed by atoms with Gasteiger partial charge in [0.05, 0.1) is 10.6 Å². The molecule has 2 aromatic rings. The highest BCUT2D eigenvalue weighted by molar-refractivity contribution is 8.00. The van der Waals surface area contributed by atoms with E-state index in [1.807, 2.05) is 23.9 Å². The summed E-state index contributed by atoms with van der Waals surface area (Å²) in [5, 5.41) is 2.68. The normalized spacial score (nSPS) is 28.8. The maximum atomic E-state index is 12.1. The molecule has 0 spiro atoms. The third-order valence-corrected chi connectivity index (χ3v) is 7.93. The molecule has 3 atom stereocenters. The van der Waals surface area contributed by atoms with Gasteiger partial charge in [-0.1, -0.05) is 24.6 Å². The first-order chi connectivity index (χ1) is 12.7. The maximum absolute atomic E-state index is 12.1. The zero-order valence-corrected chi connectivity index (χ0v) is 16.0.